The fourth-order valence-electron chi connectivity index (χ4n) is 3.98. The number of hydrogen-bond acceptors (Lipinski definition) is 5. The van der Waals surface area contributed by atoms with E-state index in [9.17, 15) is 0 Å². The summed E-state index contributed by atoms with van der Waals surface area (Å²) in [6.45, 7) is 0.927. The molecule has 0 spiro atoms. The molecule has 7 heteroatoms. The van der Waals surface area contributed by atoms with Crippen LogP contribution in [-0.2, 0) is 6.42 Å². The van der Waals surface area contributed by atoms with Crippen molar-refractivity contribution in [3.05, 3.63) is 65.3 Å². The molecule has 158 valence electrons. The third-order valence-electron chi connectivity index (χ3n) is 5.59. The molecule has 1 saturated carbocycles. The van der Waals surface area contributed by atoms with Gasteiger partial charge in [0.25, 0.3) is 0 Å². The number of halogens is 1. The van der Waals surface area contributed by atoms with Gasteiger partial charge in [-0.2, -0.15) is 0 Å². The van der Waals surface area contributed by atoms with Crippen LogP contribution in [-0.4, -0.2) is 51.4 Å². The highest BCUT2D eigenvalue weighted by Gasteiger charge is 2.28. The first kappa shape index (κ1) is 20.8. The third kappa shape index (κ3) is 4.99. The van der Waals surface area contributed by atoms with Crippen LogP contribution in [0.1, 0.15) is 43.3 Å². The molecule has 0 saturated heterocycles. The normalized spacial score (nSPS) is 19.2. The highest BCUT2D eigenvalue weighted by molar-refractivity contribution is 6.30. The molecule has 30 heavy (non-hydrogen) atoms. The van der Waals surface area contributed by atoms with Crippen LogP contribution in [0.5, 0.6) is 5.88 Å². The van der Waals surface area contributed by atoms with Gasteiger partial charge in [0.05, 0.1) is 0 Å². The Bertz CT molecular complexity index is 934. The van der Waals surface area contributed by atoms with Crippen LogP contribution < -0.4 is 4.74 Å². The molecule has 1 fully saturated rings. The summed E-state index contributed by atoms with van der Waals surface area (Å²) in [5, 5.41) is 9.93. The molecule has 0 radical (unpaired) electrons. The van der Waals surface area contributed by atoms with E-state index in [2.05, 4.69) is 38.7 Å². The zero-order valence-corrected chi connectivity index (χ0v) is 18.3. The number of benzene rings is 1. The number of ether oxygens (including phenoxy) is 1. The molecule has 1 aromatic carbocycles. The molecule has 3 aromatic rings. The molecular weight excluding hydrogens is 398 g/mol. The summed E-state index contributed by atoms with van der Waals surface area (Å²) in [7, 11) is 4.15. The fourth-order valence-corrected chi connectivity index (χ4v) is 4.10. The Morgan fingerprint density at radius 1 is 1.03 bits per heavy atom. The molecule has 1 aliphatic rings. The molecule has 2 heterocycles. The Kier molecular flexibility index (Phi) is 6.65. The van der Waals surface area contributed by atoms with Gasteiger partial charge in [0.15, 0.2) is 0 Å². The highest BCUT2D eigenvalue weighted by Crippen LogP contribution is 2.35. The van der Waals surface area contributed by atoms with Crippen LogP contribution in [0.25, 0.3) is 5.69 Å². The van der Waals surface area contributed by atoms with Crippen molar-refractivity contribution in [1.82, 2.24) is 24.6 Å². The van der Waals surface area contributed by atoms with E-state index < -0.39 is 0 Å². The molecule has 0 N–H and O–H groups in total. The van der Waals surface area contributed by atoms with Crippen LogP contribution in [0, 0.1) is 0 Å². The Morgan fingerprint density at radius 2 is 1.80 bits per heavy atom. The van der Waals surface area contributed by atoms with E-state index in [-0.39, 0.29) is 6.10 Å². The monoisotopic (exact) mass is 425 g/mol. The molecule has 2 aromatic heterocycles. The molecular formula is C23H28ClN5O. The summed E-state index contributed by atoms with van der Waals surface area (Å²) in [4.78, 5) is 6.45. The molecule has 4 rings (SSSR count). The van der Waals surface area contributed by atoms with Crippen LogP contribution in [0.15, 0.2) is 48.7 Å². The summed E-state index contributed by atoms with van der Waals surface area (Å²) in [6.07, 6.45) is 6.85. The van der Waals surface area contributed by atoms with Gasteiger partial charge in [-0.05, 0) is 70.1 Å². The van der Waals surface area contributed by atoms with Crippen LogP contribution >= 0.6 is 11.6 Å². The lowest BCUT2D eigenvalue weighted by molar-refractivity contribution is 0.139. The van der Waals surface area contributed by atoms with E-state index in [0.717, 1.165) is 61.0 Å². The standard InChI is InChI=1S/C23H28ClN5O/c1-28(2)16-14-21-26-27-23(29(21)19-10-8-18(24)9-11-19)17-6-12-20(13-7-17)30-22-5-3-4-15-25-22/h3-5,8-11,15,17,20H,6-7,12-14,16H2,1-2H3/t17-,20-. The number of aromatic nitrogens is 4. The van der Waals surface area contributed by atoms with Crippen molar-refractivity contribution in [2.24, 2.45) is 0 Å². The Labute approximate surface area is 182 Å². The Balaban J connectivity index is 1.51. The Morgan fingerprint density at radius 3 is 2.47 bits per heavy atom. The van der Waals surface area contributed by atoms with Crippen molar-refractivity contribution in [2.75, 3.05) is 20.6 Å². The number of nitrogens with zero attached hydrogens (tertiary/aromatic N) is 5. The van der Waals surface area contributed by atoms with Gasteiger partial charge in [0.2, 0.25) is 5.88 Å². The second-order valence-corrected chi connectivity index (χ2v) is 8.54. The maximum atomic E-state index is 6.12. The van der Waals surface area contributed by atoms with Gasteiger partial charge in [-0.25, -0.2) is 4.98 Å². The van der Waals surface area contributed by atoms with Gasteiger partial charge in [0, 0.05) is 41.9 Å². The highest BCUT2D eigenvalue weighted by atomic mass is 35.5. The first-order valence-corrected chi connectivity index (χ1v) is 10.9. The minimum Gasteiger partial charge on any atom is -0.474 e. The molecule has 1 aliphatic carbocycles. The molecule has 6 nitrogen and oxygen atoms in total. The average molecular weight is 426 g/mol. The summed E-state index contributed by atoms with van der Waals surface area (Å²) in [5.74, 6) is 3.11. The van der Waals surface area contributed by atoms with E-state index in [1.54, 1.807) is 6.20 Å². The summed E-state index contributed by atoms with van der Waals surface area (Å²) >= 11 is 6.12. The maximum Gasteiger partial charge on any atom is 0.213 e. The topological polar surface area (TPSA) is 56.1 Å². The number of likely N-dealkylation sites (N-methyl/N-ethyl adjacent to an activating group) is 1. The predicted octanol–water partition coefficient (Wildman–Crippen LogP) is 4.53. The van der Waals surface area contributed by atoms with Crippen molar-refractivity contribution < 1.29 is 4.74 Å². The molecule has 0 aliphatic heterocycles. The van der Waals surface area contributed by atoms with Crippen LogP contribution in [0.3, 0.4) is 0 Å². The van der Waals surface area contributed by atoms with E-state index in [1.807, 2.05) is 42.5 Å². The molecule has 0 unspecified atom stereocenters. The van der Waals surface area contributed by atoms with E-state index in [0.29, 0.717) is 11.8 Å². The van der Waals surface area contributed by atoms with Gasteiger partial charge in [0.1, 0.15) is 17.8 Å². The second kappa shape index (κ2) is 9.58. The lowest BCUT2D eigenvalue weighted by Crippen LogP contribution is -2.25. The summed E-state index contributed by atoms with van der Waals surface area (Å²) < 4.78 is 8.29. The third-order valence-corrected chi connectivity index (χ3v) is 5.84. The van der Waals surface area contributed by atoms with Crippen molar-refractivity contribution in [3.8, 4) is 11.6 Å². The number of rotatable bonds is 7. The fraction of sp³-hybridized carbons (Fsp3) is 0.435. The zero-order chi connectivity index (χ0) is 20.9. The average Bonchev–Trinajstić information content (AvgIpc) is 3.18. The molecule has 0 amide bonds. The minimum absolute atomic E-state index is 0.205. The van der Waals surface area contributed by atoms with Gasteiger partial charge < -0.3 is 9.64 Å². The largest absolute Gasteiger partial charge is 0.474 e. The van der Waals surface area contributed by atoms with Crippen molar-refractivity contribution >= 4 is 11.6 Å². The van der Waals surface area contributed by atoms with Crippen molar-refractivity contribution in [2.45, 2.75) is 44.1 Å². The first-order valence-electron chi connectivity index (χ1n) is 10.5. The summed E-state index contributed by atoms with van der Waals surface area (Å²) in [6, 6.07) is 13.7. The second-order valence-electron chi connectivity index (χ2n) is 8.10. The predicted molar refractivity (Wildman–Crippen MR) is 118 cm³/mol. The van der Waals surface area contributed by atoms with Crippen LogP contribution in [0.2, 0.25) is 5.02 Å². The first-order chi connectivity index (χ1) is 14.6. The van der Waals surface area contributed by atoms with Crippen molar-refractivity contribution in [3.63, 3.8) is 0 Å². The van der Waals surface area contributed by atoms with Gasteiger partial charge >= 0.3 is 0 Å². The number of pyridine rings is 1. The van der Waals surface area contributed by atoms with E-state index in [4.69, 9.17) is 16.3 Å². The number of hydrogen-bond donors (Lipinski definition) is 0. The minimum atomic E-state index is 0.205. The molecule has 0 bridgehead atoms. The van der Waals surface area contributed by atoms with Gasteiger partial charge in [-0.3, -0.25) is 4.57 Å². The smallest absolute Gasteiger partial charge is 0.213 e. The van der Waals surface area contributed by atoms with Crippen molar-refractivity contribution in [1.29, 1.82) is 0 Å². The van der Waals surface area contributed by atoms with Crippen LogP contribution in [0.4, 0.5) is 0 Å². The quantitative estimate of drug-likeness (QED) is 0.556. The SMILES string of the molecule is CN(C)CCc1nnc([C@H]2CC[C@H](Oc3ccccn3)CC2)n1-c1ccc(Cl)cc1. The van der Waals surface area contributed by atoms with E-state index >= 15 is 0 Å². The maximum absolute atomic E-state index is 6.12. The molecule has 0 atom stereocenters. The van der Waals surface area contributed by atoms with Gasteiger partial charge in [-0.1, -0.05) is 17.7 Å². The lowest BCUT2D eigenvalue weighted by Gasteiger charge is -2.28. The van der Waals surface area contributed by atoms with E-state index in [1.165, 1.54) is 0 Å². The van der Waals surface area contributed by atoms with Gasteiger partial charge in [-0.15, -0.1) is 10.2 Å². The zero-order valence-electron chi connectivity index (χ0n) is 17.5. The summed E-state index contributed by atoms with van der Waals surface area (Å²) in [5.41, 5.74) is 1.07. The Hall–Kier alpha value is -2.44. The lowest BCUT2D eigenvalue weighted by atomic mass is 9.86.